The van der Waals surface area contributed by atoms with Crippen LogP contribution in [-0.4, -0.2) is 24.8 Å². The third kappa shape index (κ3) is 0.920. The summed E-state index contributed by atoms with van der Waals surface area (Å²) in [7, 11) is 0. The lowest BCUT2D eigenvalue weighted by Crippen LogP contribution is -2.04. The molecule has 0 unspecified atom stereocenters. The Hall–Kier alpha value is -0.570. The lowest BCUT2D eigenvalue weighted by molar-refractivity contribution is -0.143. The van der Waals surface area contributed by atoms with Crippen molar-refractivity contribution in [3.8, 4) is 0 Å². The van der Waals surface area contributed by atoms with E-state index in [-0.39, 0.29) is 12.1 Å². The Labute approximate surface area is 52.9 Å². The quantitative estimate of drug-likeness (QED) is 0.343. The normalized spacial score (nSPS) is 40.7. The number of ether oxygens (including phenoxy) is 2. The Morgan fingerprint density at radius 1 is 1.44 bits per heavy atom. The summed E-state index contributed by atoms with van der Waals surface area (Å²) in [6.07, 6.45) is 1.87. The summed E-state index contributed by atoms with van der Waals surface area (Å²) >= 11 is 0. The Kier molecular flexibility index (Phi) is 0.990. The molecule has 3 nitrogen and oxygen atoms in total. The van der Waals surface area contributed by atoms with Crippen LogP contribution in [-0.2, 0) is 14.3 Å². The van der Waals surface area contributed by atoms with Crippen molar-refractivity contribution in [2.75, 3.05) is 6.61 Å². The number of carbonyl (C=O) groups excluding carboxylic acids is 1. The second kappa shape index (κ2) is 1.70. The van der Waals surface area contributed by atoms with Gasteiger partial charge in [-0.25, -0.2) is 0 Å². The van der Waals surface area contributed by atoms with Crippen molar-refractivity contribution < 1.29 is 14.3 Å². The van der Waals surface area contributed by atoms with Crippen LogP contribution in [0.2, 0.25) is 0 Å². The number of hydrogen-bond acceptors (Lipinski definition) is 3. The first-order chi connectivity index (χ1) is 4.36. The molecule has 2 saturated heterocycles. The van der Waals surface area contributed by atoms with Crippen molar-refractivity contribution in [1.82, 2.24) is 0 Å². The van der Waals surface area contributed by atoms with Crippen LogP contribution >= 0.6 is 0 Å². The van der Waals surface area contributed by atoms with E-state index < -0.39 is 0 Å². The lowest BCUT2D eigenvalue weighted by Gasteiger charge is -1.97. The molecular weight excluding hydrogens is 120 g/mol. The highest BCUT2D eigenvalue weighted by molar-refractivity contribution is 5.70. The van der Waals surface area contributed by atoms with Gasteiger partial charge in [-0.15, -0.1) is 0 Å². The Morgan fingerprint density at radius 2 is 2.33 bits per heavy atom. The molecule has 0 aromatic rings. The van der Waals surface area contributed by atoms with Crippen molar-refractivity contribution >= 4 is 5.97 Å². The zero-order valence-corrected chi connectivity index (χ0v) is 5.00. The van der Waals surface area contributed by atoms with Gasteiger partial charge in [-0.2, -0.15) is 0 Å². The second-order valence-corrected chi connectivity index (χ2v) is 2.43. The molecule has 2 aliphatic heterocycles. The fourth-order valence-corrected chi connectivity index (χ4v) is 1.12. The molecular formula is C6H8O3. The molecule has 0 N–H and O–H groups in total. The van der Waals surface area contributed by atoms with Gasteiger partial charge in [-0.3, -0.25) is 4.79 Å². The molecule has 0 amide bonds. The highest BCUT2D eigenvalue weighted by Crippen LogP contribution is 2.30. The van der Waals surface area contributed by atoms with Crippen molar-refractivity contribution in [3.63, 3.8) is 0 Å². The number of esters is 1. The maximum absolute atomic E-state index is 10.6. The molecule has 2 atom stereocenters. The Morgan fingerprint density at radius 3 is 3.22 bits per heavy atom. The summed E-state index contributed by atoms with van der Waals surface area (Å²) in [5.74, 6) is -0.111. The SMILES string of the molecule is O=C1C[C@@H]2O[C@@H]2CCO1. The number of fused-ring (bicyclic) bond motifs is 1. The number of epoxide rings is 1. The molecule has 2 heterocycles. The molecule has 9 heavy (non-hydrogen) atoms. The van der Waals surface area contributed by atoms with Crippen LogP contribution in [0.25, 0.3) is 0 Å². The van der Waals surface area contributed by atoms with E-state index >= 15 is 0 Å². The smallest absolute Gasteiger partial charge is 0.308 e. The molecule has 50 valence electrons. The van der Waals surface area contributed by atoms with Crippen molar-refractivity contribution in [1.29, 1.82) is 0 Å². The van der Waals surface area contributed by atoms with E-state index in [9.17, 15) is 4.79 Å². The molecule has 0 radical (unpaired) electrons. The third-order valence-electron chi connectivity index (χ3n) is 1.72. The van der Waals surface area contributed by atoms with Crippen LogP contribution in [0.4, 0.5) is 0 Å². The summed E-state index contributed by atoms with van der Waals surface area (Å²) in [5.41, 5.74) is 0. The van der Waals surface area contributed by atoms with Gasteiger partial charge in [0.1, 0.15) is 0 Å². The maximum Gasteiger partial charge on any atom is 0.308 e. The molecule has 0 aromatic heterocycles. The van der Waals surface area contributed by atoms with Crippen molar-refractivity contribution in [3.05, 3.63) is 0 Å². The second-order valence-electron chi connectivity index (χ2n) is 2.43. The van der Waals surface area contributed by atoms with Gasteiger partial charge >= 0.3 is 5.97 Å². The number of rotatable bonds is 0. The van der Waals surface area contributed by atoms with E-state index in [1.54, 1.807) is 0 Å². The van der Waals surface area contributed by atoms with Gasteiger partial charge in [-0.1, -0.05) is 0 Å². The summed E-state index contributed by atoms with van der Waals surface area (Å²) in [6.45, 7) is 0.542. The minimum absolute atomic E-state index is 0.111. The van der Waals surface area contributed by atoms with E-state index in [1.165, 1.54) is 0 Å². The molecule has 0 saturated carbocycles. The summed E-state index contributed by atoms with van der Waals surface area (Å²) in [5, 5.41) is 0. The van der Waals surface area contributed by atoms with Gasteiger partial charge in [0.25, 0.3) is 0 Å². The Balaban J connectivity index is 1.99. The first-order valence-electron chi connectivity index (χ1n) is 3.17. The predicted molar refractivity (Wildman–Crippen MR) is 28.9 cm³/mol. The molecule has 2 aliphatic rings. The van der Waals surface area contributed by atoms with E-state index in [0.717, 1.165) is 6.42 Å². The van der Waals surface area contributed by atoms with Gasteiger partial charge < -0.3 is 9.47 Å². The highest BCUT2D eigenvalue weighted by atomic mass is 16.6. The van der Waals surface area contributed by atoms with Crippen LogP contribution in [0.1, 0.15) is 12.8 Å². The van der Waals surface area contributed by atoms with Gasteiger partial charge in [0.15, 0.2) is 0 Å². The van der Waals surface area contributed by atoms with Gasteiger partial charge in [0.05, 0.1) is 25.2 Å². The minimum Gasteiger partial charge on any atom is -0.465 e. The topological polar surface area (TPSA) is 38.8 Å². The summed E-state index contributed by atoms with van der Waals surface area (Å²) in [4.78, 5) is 10.6. The molecule has 3 heteroatoms. The van der Waals surface area contributed by atoms with Gasteiger partial charge in [0, 0.05) is 6.42 Å². The van der Waals surface area contributed by atoms with E-state index in [2.05, 4.69) is 0 Å². The van der Waals surface area contributed by atoms with Crippen LogP contribution in [0, 0.1) is 0 Å². The minimum atomic E-state index is -0.111. The van der Waals surface area contributed by atoms with Crippen LogP contribution in [0.5, 0.6) is 0 Å². The van der Waals surface area contributed by atoms with Gasteiger partial charge in [-0.05, 0) is 0 Å². The average molecular weight is 128 g/mol. The third-order valence-corrected chi connectivity index (χ3v) is 1.72. The fraction of sp³-hybridized carbons (Fsp3) is 0.833. The maximum atomic E-state index is 10.6. The first-order valence-corrected chi connectivity index (χ1v) is 3.17. The van der Waals surface area contributed by atoms with E-state index in [0.29, 0.717) is 19.1 Å². The number of cyclic esters (lactones) is 1. The Bertz CT molecular complexity index is 143. The lowest BCUT2D eigenvalue weighted by atomic mass is 10.2. The van der Waals surface area contributed by atoms with E-state index in [1.807, 2.05) is 0 Å². The monoisotopic (exact) mass is 128 g/mol. The first kappa shape index (κ1) is 5.23. The average Bonchev–Trinajstić information content (AvgIpc) is 2.43. The van der Waals surface area contributed by atoms with Crippen molar-refractivity contribution in [2.45, 2.75) is 25.0 Å². The molecule has 2 rings (SSSR count). The van der Waals surface area contributed by atoms with Crippen LogP contribution < -0.4 is 0 Å². The number of hydrogen-bond donors (Lipinski definition) is 0. The molecule has 0 bridgehead atoms. The zero-order valence-electron chi connectivity index (χ0n) is 5.00. The highest BCUT2D eigenvalue weighted by Gasteiger charge is 2.42. The standard InChI is InChI=1S/C6H8O3/c7-6-3-5-4(9-5)1-2-8-6/h4-5H,1-3H2/t4-,5+/m1/s1. The predicted octanol–water partition coefficient (Wildman–Crippen LogP) is 0.0908. The van der Waals surface area contributed by atoms with Crippen LogP contribution in [0.15, 0.2) is 0 Å². The van der Waals surface area contributed by atoms with Crippen LogP contribution in [0.3, 0.4) is 0 Å². The molecule has 0 aromatic carbocycles. The number of carbonyl (C=O) groups is 1. The largest absolute Gasteiger partial charge is 0.465 e. The van der Waals surface area contributed by atoms with Crippen molar-refractivity contribution in [2.24, 2.45) is 0 Å². The van der Waals surface area contributed by atoms with E-state index in [4.69, 9.17) is 9.47 Å². The zero-order chi connectivity index (χ0) is 6.27. The molecule has 2 fully saturated rings. The molecule has 0 aliphatic carbocycles. The summed E-state index contributed by atoms with van der Waals surface area (Å²) in [6, 6.07) is 0. The fourth-order valence-electron chi connectivity index (χ4n) is 1.12. The van der Waals surface area contributed by atoms with Gasteiger partial charge in [0.2, 0.25) is 0 Å². The summed E-state index contributed by atoms with van der Waals surface area (Å²) < 4.78 is 9.91. The molecule has 0 spiro atoms.